The highest BCUT2D eigenvalue weighted by atomic mass is 35.5. The van der Waals surface area contributed by atoms with E-state index in [9.17, 15) is 0 Å². The van der Waals surface area contributed by atoms with Crippen LogP contribution in [0.1, 0.15) is 29.5 Å². The number of nitrogen functional groups attached to an aromatic ring is 1. The molecule has 0 bridgehead atoms. The number of piperidine rings is 1. The molecule has 21 heavy (non-hydrogen) atoms. The van der Waals surface area contributed by atoms with Gasteiger partial charge < -0.3 is 10.6 Å². The molecule has 112 valence electrons. The zero-order chi connectivity index (χ0) is 15.0. The maximum Gasteiger partial charge on any atom is 0.220 e. The number of anilines is 1. The summed E-state index contributed by atoms with van der Waals surface area (Å²) in [7, 11) is 2.16. The van der Waals surface area contributed by atoms with Crippen LogP contribution in [-0.2, 0) is 0 Å². The second kappa shape index (κ2) is 5.87. The zero-order valence-corrected chi connectivity index (χ0v) is 13.7. The summed E-state index contributed by atoms with van der Waals surface area (Å²) in [6.45, 7) is 4.25. The average molecular weight is 324 g/mol. The first-order valence-electron chi connectivity index (χ1n) is 6.99. The van der Waals surface area contributed by atoms with Gasteiger partial charge in [-0.2, -0.15) is 0 Å². The molecule has 1 aliphatic rings. The van der Waals surface area contributed by atoms with E-state index in [-0.39, 0.29) is 5.95 Å². The van der Waals surface area contributed by atoms with E-state index in [0.29, 0.717) is 16.6 Å². The minimum Gasteiger partial charge on any atom is -0.368 e. The van der Waals surface area contributed by atoms with Gasteiger partial charge in [0.25, 0.3) is 0 Å². The van der Waals surface area contributed by atoms with Gasteiger partial charge in [-0.05, 0) is 39.9 Å². The number of aromatic nitrogens is 3. The van der Waals surface area contributed by atoms with Gasteiger partial charge in [0, 0.05) is 5.92 Å². The van der Waals surface area contributed by atoms with Crippen molar-refractivity contribution < 1.29 is 0 Å². The summed E-state index contributed by atoms with van der Waals surface area (Å²) in [5.41, 5.74) is 7.34. The quantitative estimate of drug-likeness (QED) is 0.920. The highest BCUT2D eigenvalue weighted by Gasteiger charge is 2.23. The van der Waals surface area contributed by atoms with Gasteiger partial charge in [0.05, 0.1) is 26.8 Å². The number of hydrogen-bond acceptors (Lipinski definition) is 6. The fourth-order valence-electron chi connectivity index (χ4n) is 2.61. The number of aryl methyl sites for hydroxylation is 1. The number of rotatable bonds is 2. The Labute approximate surface area is 133 Å². The normalized spacial score (nSPS) is 17.3. The van der Waals surface area contributed by atoms with Crippen molar-refractivity contribution >= 4 is 28.9 Å². The lowest BCUT2D eigenvalue weighted by atomic mass is 9.98. The molecule has 0 aliphatic carbocycles. The van der Waals surface area contributed by atoms with Crippen LogP contribution in [0.2, 0.25) is 5.02 Å². The molecule has 0 atom stereocenters. The number of nitrogens with two attached hydrogens (primary N) is 1. The molecular formula is C14H18ClN5S. The van der Waals surface area contributed by atoms with Crippen LogP contribution in [0, 0.1) is 6.92 Å². The van der Waals surface area contributed by atoms with Crippen LogP contribution in [0.4, 0.5) is 5.95 Å². The maximum absolute atomic E-state index is 6.21. The van der Waals surface area contributed by atoms with E-state index in [4.69, 9.17) is 22.3 Å². The van der Waals surface area contributed by atoms with Crippen LogP contribution in [-0.4, -0.2) is 40.0 Å². The van der Waals surface area contributed by atoms with Gasteiger partial charge in [-0.25, -0.2) is 15.0 Å². The zero-order valence-electron chi connectivity index (χ0n) is 12.1. The summed E-state index contributed by atoms with van der Waals surface area (Å²) >= 11 is 7.89. The Bertz CT molecular complexity index is 649. The number of likely N-dealkylation sites (tertiary alicyclic amines) is 1. The van der Waals surface area contributed by atoms with E-state index in [1.54, 1.807) is 17.5 Å². The van der Waals surface area contributed by atoms with Crippen molar-refractivity contribution in [2.75, 3.05) is 25.9 Å². The second-order valence-corrected chi connectivity index (χ2v) is 6.91. The summed E-state index contributed by atoms with van der Waals surface area (Å²) in [6.07, 6.45) is 3.86. The Kier molecular flexibility index (Phi) is 4.10. The van der Waals surface area contributed by atoms with Crippen molar-refractivity contribution in [3.05, 3.63) is 21.9 Å². The summed E-state index contributed by atoms with van der Waals surface area (Å²) in [4.78, 5) is 16.3. The Morgan fingerprint density at radius 2 is 2.05 bits per heavy atom. The SMILES string of the molecule is Cc1nc(C2CCN(C)CC2)sc1-c1nc(N)ncc1Cl. The molecule has 0 radical (unpaired) electrons. The van der Waals surface area contributed by atoms with Crippen LogP contribution in [0.3, 0.4) is 0 Å². The first kappa shape index (κ1) is 14.7. The fourth-order valence-corrected chi connectivity index (χ4v) is 4.09. The van der Waals surface area contributed by atoms with Crippen molar-refractivity contribution in [3.8, 4) is 10.6 Å². The third kappa shape index (κ3) is 3.02. The third-order valence-corrected chi connectivity index (χ3v) is 5.46. The molecule has 2 aromatic heterocycles. The minimum atomic E-state index is 0.239. The molecule has 7 heteroatoms. The van der Waals surface area contributed by atoms with Crippen LogP contribution < -0.4 is 5.73 Å². The van der Waals surface area contributed by atoms with Gasteiger partial charge in [-0.15, -0.1) is 11.3 Å². The van der Waals surface area contributed by atoms with E-state index in [1.165, 1.54) is 5.01 Å². The molecule has 0 unspecified atom stereocenters. The molecule has 0 aromatic carbocycles. The van der Waals surface area contributed by atoms with Gasteiger partial charge in [-0.3, -0.25) is 0 Å². The van der Waals surface area contributed by atoms with Crippen molar-refractivity contribution in [2.24, 2.45) is 0 Å². The molecule has 1 aliphatic heterocycles. The third-order valence-electron chi connectivity index (χ3n) is 3.86. The van der Waals surface area contributed by atoms with Crippen LogP contribution in [0.5, 0.6) is 0 Å². The Balaban J connectivity index is 1.93. The van der Waals surface area contributed by atoms with Crippen LogP contribution in [0.15, 0.2) is 6.20 Å². The molecule has 2 N–H and O–H groups in total. The van der Waals surface area contributed by atoms with E-state index in [0.717, 1.165) is 36.5 Å². The molecule has 1 fully saturated rings. The van der Waals surface area contributed by atoms with Crippen molar-refractivity contribution in [1.82, 2.24) is 19.9 Å². The maximum atomic E-state index is 6.21. The summed E-state index contributed by atoms with van der Waals surface area (Å²) in [5, 5.41) is 1.70. The molecule has 1 saturated heterocycles. The Morgan fingerprint density at radius 3 is 2.76 bits per heavy atom. The smallest absolute Gasteiger partial charge is 0.220 e. The fraction of sp³-hybridized carbons (Fsp3) is 0.500. The van der Waals surface area contributed by atoms with E-state index in [1.807, 2.05) is 6.92 Å². The van der Waals surface area contributed by atoms with E-state index >= 15 is 0 Å². The number of hydrogen-bond donors (Lipinski definition) is 1. The predicted molar refractivity (Wildman–Crippen MR) is 86.8 cm³/mol. The van der Waals surface area contributed by atoms with E-state index in [2.05, 4.69) is 21.9 Å². The topological polar surface area (TPSA) is 67.9 Å². The van der Waals surface area contributed by atoms with E-state index < -0.39 is 0 Å². The average Bonchev–Trinajstić information content (AvgIpc) is 2.84. The first-order chi connectivity index (χ1) is 10.0. The highest BCUT2D eigenvalue weighted by Crippen LogP contribution is 2.38. The minimum absolute atomic E-state index is 0.239. The Hall–Kier alpha value is -1.24. The molecule has 5 nitrogen and oxygen atoms in total. The molecule has 2 aromatic rings. The van der Waals surface area contributed by atoms with Gasteiger partial charge in [-0.1, -0.05) is 11.6 Å². The standard InChI is InChI=1S/C14H18ClN5S/c1-8-12(11-10(15)7-17-14(16)19-11)21-13(18-8)9-3-5-20(2)6-4-9/h7,9H,3-6H2,1-2H3,(H2,16,17,19). The number of halogens is 1. The monoisotopic (exact) mass is 323 g/mol. The summed E-state index contributed by atoms with van der Waals surface area (Å²) < 4.78 is 0. The second-order valence-electron chi connectivity index (χ2n) is 5.47. The lowest BCUT2D eigenvalue weighted by molar-refractivity contribution is 0.255. The summed E-state index contributed by atoms with van der Waals surface area (Å²) in [5.74, 6) is 0.777. The van der Waals surface area contributed by atoms with Crippen LogP contribution in [0.25, 0.3) is 10.6 Å². The molecular weight excluding hydrogens is 306 g/mol. The Morgan fingerprint density at radius 1 is 1.33 bits per heavy atom. The molecule has 0 saturated carbocycles. The van der Waals surface area contributed by atoms with Gasteiger partial charge in [0.15, 0.2) is 0 Å². The largest absolute Gasteiger partial charge is 0.368 e. The molecule has 3 rings (SSSR count). The van der Waals surface area contributed by atoms with Gasteiger partial charge in [0.2, 0.25) is 5.95 Å². The first-order valence-corrected chi connectivity index (χ1v) is 8.18. The van der Waals surface area contributed by atoms with Gasteiger partial charge >= 0.3 is 0 Å². The highest BCUT2D eigenvalue weighted by molar-refractivity contribution is 7.15. The van der Waals surface area contributed by atoms with Gasteiger partial charge in [0.1, 0.15) is 5.69 Å². The number of thiazole rings is 1. The summed E-state index contributed by atoms with van der Waals surface area (Å²) in [6, 6.07) is 0. The molecule has 0 amide bonds. The lowest BCUT2D eigenvalue weighted by Gasteiger charge is -2.27. The van der Waals surface area contributed by atoms with Crippen LogP contribution >= 0.6 is 22.9 Å². The number of nitrogens with zero attached hydrogens (tertiary/aromatic N) is 4. The predicted octanol–water partition coefficient (Wildman–Crippen LogP) is 2.95. The van der Waals surface area contributed by atoms with Crippen molar-refractivity contribution in [3.63, 3.8) is 0 Å². The molecule has 0 spiro atoms. The van der Waals surface area contributed by atoms with Crippen molar-refractivity contribution in [2.45, 2.75) is 25.7 Å². The molecule has 3 heterocycles. The van der Waals surface area contributed by atoms with Crippen molar-refractivity contribution in [1.29, 1.82) is 0 Å². The lowest BCUT2D eigenvalue weighted by Crippen LogP contribution is -2.29.